The first-order valence-electron chi connectivity index (χ1n) is 9.50. The average Bonchev–Trinajstić information content (AvgIpc) is 3.13. The minimum absolute atomic E-state index is 0.106. The molecule has 0 aliphatic heterocycles. The number of rotatable bonds is 4. The number of carbonyl (C=O) groups excluding carboxylic acids is 2. The number of carbonyl (C=O) groups is 2. The van der Waals surface area contributed by atoms with Crippen molar-refractivity contribution in [1.29, 1.82) is 0 Å². The van der Waals surface area contributed by atoms with Crippen molar-refractivity contribution in [3.05, 3.63) is 76.6 Å². The predicted octanol–water partition coefficient (Wildman–Crippen LogP) is 5.33. The van der Waals surface area contributed by atoms with Crippen LogP contribution in [-0.2, 0) is 6.18 Å². The van der Waals surface area contributed by atoms with Crippen LogP contribution in [0.15, 0.2) is 54.7 Å². The van der Waals surface area contributed by atoms with E-state index in [1.807, 2.05) is 20.8 Å². The molecule has 0 aliphatic rings. The molecule has 1 aromatic heterocycles. The largest absolute Gasteiger partial charge is 0.434 e. The average molecular weight is 465 g/mol. The lowest BCUT2D eigenvalue weighted by atomic mass is 10.1. The highest BCUT2D eigenvalue weighted by molar-refractivity contribution is 6.30. The van der Waals surface area contributed by atoms with E-state index in [0.717, 1.165) is 6.20 Å². The van der Waals surface area contributed by atoms with Gasteiger partial charge in [0.1, 0.15) is 0 Å². The molecule has 3 aromatic rings. The van der Waals surface area contributed by atoms with E-state index < -0.39 is 28.9 Å². The van der Waals surface area contributed by atoms with Gasteiger partial charge in [0.05, 0.1) is 17.4 Å². The van der Waals surface area contributed by atoms with E-state index in [2.05, 4.69) is 15.7 Å². The second kappa shape index (κ2) is 8.66. The van der Waals surface area contributed by atoms with Crippen LogP contribution in [-0.4, -0.2) is 27.1 Å². The molecule has 0 unspecified atom stereocenters. The molecule has 6 nitrogen and oxygen atoms in total. The first kappa shape index (κ1) is 23.3. The number of alkyl halides is 3. The summed E-state index contributed by atoms with van der Waals surface area (Å²) >= 11 is 5.80. The fourth-order valence-corrected chi connectivity index (χ4v) is 3.01. The number of nitrogens with zero attached hydrogens (tertiary/aromatic N) is 2. The lowest BCUT2D eigenvalue weighted by Gasteiger charge is -2.20. The van der Waals surface area contributed by atoms with E-state index in [0.29, 0.717) is 15.3 Å². The number of amides is 2. The molecule has 168 valence electrons. The van der Waals surface area contributed by atoms with E-state index in [9.17, 15) is 22.8 Å². The molecule has 0 radical (unpaired) electrons. The third-order valence-electron chi connectivity index (χ3n) is 4.25. The normalized spacial score (nSPS) is 11.8. The van der Waals surface area contributed by atoms with Crippen LogP contribution in [0.3, 0.4) is 0 Å². The van der Waals surface area contributed by atoms with Crippen LogP contribution in [0, 0.1) is 0 Å². The Bertz CT molecular complexity index is 1130. The Kier molecular flexibility index (Phi) is 6.32. The third kappa shape index (κ3) is 5.47. The lowest BCUT2D eigenvalue weighted by molar-refractivity contribution is -0.143. The van der Waals surface area contributed by atoms with Crippen molar-refractivity contribution >= 4 is 29.1 Å². The zero-order valence-electron chi connectivity index (χ0n) is 17.4. The van der Waals surface area contributed by atoms with E-state index in [1.54, 1.807) is 0 Å². The van der Waals surface area contributed by atoms with Gasteiger partial charge in [-0.3, -0.25) is 9.59 Å². The summed E-state index contributed by atoms with van der Waals surface area (Å²) in [7, 11) is 0. The van der Waals surface area contributed by atoms with Crippen LogP contribution in [0.25, 0.3) is 5.69 Å². The molecule has 0 atom stereocenters. The van der Waals surface area contributed by atoms with Gasteiger partial charge in [-0.15, -0.1) is 0 Å². The first-order valence-corrected chi connectivity index (χ1v) is 9.88. The SMILES string of the molecule is CC(C)(C)NC(=O)c1ccc(NC(=O)c2cnn(-c3ccc(Cl)cc3)c2C(F)(F)F)cc1. The smallest absolute Gasteiger partial charge is 0.347 e. The van der Waals surface area contributed by atoms with Gasteiger partial charge in [0.15, 0.2) is 5.69 Å². The zero-order valence-corrected chi connectivity index (χ0v) is 18.2. The highest BCUT2D eigenvalue weighted by Crippen LogP contribution is 2.34. The number of nitrogens with one attached hydrogen (secondary N) is 2. The number of anilines is 1. The molecule has 10 heteroatoms. The molecule has 0 fully saturated rings. The Labute approximate surface area is 187 Å². The van der Waals surface area contributed by atoms with Crippen LogP contribution >= 0.6 is 11.6 Å². The molecule has 3 rings (SSSR count). The molecule has 0 saturated heterocycles. The van der Waals surface area contributed by atoms with Gasteiger partial charge in [0, 0.05) is 21.8 Å². The molecule has 1 heterocycles. The van der Waals surface area contributed by atoms with E-state index in [1.165, 1.54) is 48.5 Å². The second-order valence-electron chi connectivity index (χ2n) is 8.03. The summed E-state index contributed by atoms with van der Waals surface area (Å²) in [5, 5.41) is 9.32. The zero-order chi connectivity index (χ0) is 23.7. The Morgan fingerprint density at radius 3 is 2.06 bits per heavy atom. The quantitative estimate of drug-likeness (QED) is 0.548. The minimum atomic E-state index is -4.84. The van der Waals surface area contributed by atoms with Crippen molar-refractivity contribution in [1.82, 2.24) is 15.1 Å². The maximum atomic E-state index is 13.8. The lowest BCUT2D eigenvalue weighted by Crippen LogP contribution is -2.40. The summed E-state index contributed by atoms with van der Waals surface area (Å²) in [4.78, 5) is 24.8. The minimum Gasteiger partial charge on any atom is -0.347 e. The van der Waals surface area contributed by atoms with Crippen molar-refractivity contribution in [2.45, 2.75) is 32.5 Å². The van der Waals surface area contributed by atoms with Crippen molar-refractivity contribution in [2.75, 3.05) is 5.32 Å². The Morgan fingerprint density at radius 2 is 1.53 bits per heavy atom. The Balaban J connectivity index is 1.85. The van der Waals surface area contributed by atoms with Gasteiger partial charge < -0.3 is 10.6 Å². The standard InChI is InChI=1S/C22H20ClF3N4O2/c1-21(2,3)29-19(31)13-4-8-15(9-5-13)28-20(32)17-12-27-30(18(17)22(24,25)26)16-10-6-14(23)7-11-16/h4-12H,1-3H3,(H,28,32)(H,29,31). The van der Waals surface area contributed by atoms with Crippen LogP contribution in [0.1, 0.15) is 47.2 Å². The van der Waals surface area contributed by atoms with Gasteiger partial charge in [-0.2, -0.15) is 18.3 Å². The molecular weight excluding hydrogens is 445 g/mol. The maximum Gasteiger partial charge on any atom is 0.434 e. The molecule has 0 aliphatic carbocycles. The Morgan fingerprint density at radius 1 is 0.938 bits per heavy atom. The summed E-state index contributed by atoms with van der Waals surface area (Å²) in [5.74, 6) is -1.29. The molecule has 0 spiro atoms. The monoisotopic (exact) mass is 464 g/mol. The van der Waals surface area contributed by atoms with Gasteiger partial charge in [-0.25, -0.2) is 4.68 Å². The molecule has 2 aromatic carbocycles. The van der Waals surface area contributed by atoms with E-state index in [-0.39, 0.29) is 17.3 Å². The molecule has 2 N–H and O–H groups in total. The fourth-order valence-electron chi connectivity index (χ4n) is 2.88. The van der Waals surface area contributed by atoms with Gasteiger partial charge >= 0.3 is 6.18 Å². The number of aromatic nitrogens is 2. The summed E-state index contributed by atoms with van der Waals surface area (Å²) in [6.07, 6.45) is -3.98. The van der Waals surface area contributed by atoms with Crippen LogP contribution < -0.4 is 10.6 Å². The van der Waals surface area contributed by atoms with Crippen molar-refractivity contribution in [3.8, 4) is 5.69 Å². The molecular formula is C22H20ClF3N4O2. The van der Waals surface area contributed by atoms with Crippen LogP contribution in [0.2, 0.25) is 5.02 Å². The number of hydrogen-bond acceptors (Lipinski definition) is 3. The highest BCUT2D eigenvalue weighted by Gasteiger charge is 2.40. The van der Waals surface area contributed by atoms with Gasteiger partial charge in [0.2, 0.25) is 0 Å². The van der Waals surface area contributed by atoms with Gasteiger partial charge in [-0.05, 0) is 69.3 Å². The summed E-state index contributed by atoms with van der Waals surface area (Å²) in [6.45, 7) is 5.51. The number of benzene rings is 2. The highest BCUT2D eigenvalue weighted by atomic mass is 35.5. The fraction of sp³-hybridized carbons (Fsp3) is 0.227. The Hall–Kier alpha value is -3.33. The van der Waals surface area contributed by atoms with Crippen molar-refractivity contribution in [3.63, 3.8) is 0 Å². The molecule has 32 heavy (non-hydrogen) atoms. The van der Waals surface area contributed by atoms with Crippen molar-refractivity contribution < 1.29 is 22.8 Å². The van der Waals surface area contributed by atoms with Crippen molar-refractivity contribution in [2.24, 2.45) is 0 Å². The van der Waals surface area contributed by atoms with E-state index in [4.69, 9.17) is 11.6 Å². The number of hydrogen-bond donors (Lipinski definition) is 2. The third-order valence-corrected chi connectivity index (χ3v) is 4.50. The summed E-state index contributed by atoms with van der Waals surface area (Å²) < 4.78 is 42.0. The predicted molar refractivity (Wildman–Crippen MR) is 115 cm³/mol. The first-order chi connectivity index (χ1) is 14.8. The molecule has 2 amide bonds. The van der Waals surface area contributed by atoms with Gasteiger partial charge in [0.25, 0.3) is 11.8 Å². The maximum absolute atomic E-state index is 13.8. The van der Waals surface area contributed by atoms with E-state index >= 15 is 0 Å². The molecule has 0 bridgehead atoms. The second-order valence-corrected chi connectivity index (χ2v) is 8.46. The van der Waals surface area contributed by atoms with Crippen LogP contribution in [0.5, 0.6) is 0 Å². The van der Waals surface area contributed by atoms with Gasteiger partial charge in [-0.1, -0.05) is 11.6 Å². The number of halogens is 4. The van der Waals surface area contributed by atoms with Crippen LogP contribution in [0.4, 0.5) is 18.9 Å². The molecule has 0 saturated carbocycles. The summed E-state index contributed by atoms with van der Waals surface area (Å²) in [6, 6.07) is 11.4. The summed E-state index contributed by atoms with van der Waals surface area (Å²) in [5.41, 5.74) is -1.59. The topological polar surface area (TPSA) is 76.0 Å².